The van der Waals surface area contributed by atoms with Gasteiger partial charge >= 0.3 is 0 Å². The van der Waals surface area contributed by atoms with Gasteiger partial charge in [0, 0.05) is 5.56 Å². The van der Waals surface area contributed by atoms with Crippen molar-refractivity contribution in [2.45, 2.75) is 51.9 Å². The molecule has 0 N–H and O–H groups in total. The van der Waals surface area contributed by atoms with Crippen molar-refractivity contribution in [2.24, 2.45) is 0 Å². The van der Waals surface area contributed by atoms with Gasteiger partial charge in [0.1, 0.15) is 0 Å². The Bertz CT molecular complexity index is 375. The minimum Gasteiger partial charge on any atom is -0.115 e. The zero-order valence-corrected chi connectivity index (χ0v) is 11.5. The predicted molar refractivity (Wildman–Crippen MR) is 81.4 cm³/mol. The van der Waals surface area contributed by atoms with E-state index >= 15 is 0 Å². The first-order chi connectivity index (χ1) is 8.86. The second-order valence-corrected chi connectivity index (χ2v) is 4.73. The van der Waals surface area contributed by atoms with Crippen LogP contribution < -0.4 is 0 Å². The van der Waals surface area contributed by atoms with Gasteiger partial charge in [0.2, 0.25) is 0 Å². The van der Waals surface area contributed by atoms with E-state index in [0.717, 1.165) is 5.56 Å². The molecule has 0 aliphatic rings. The normalized spacial score (nSPS) is 10.7. The Morgan fingerprint density at radius 3 is 2.33 bits per heavy atom. The first-order valence-corrected chi connectivity index (χ1v) is 7.10. The Hall–Kier alpha value is -1.48. The summed E-state index contributed by atoms with van der Waals surface area (Å²) in [5.41, 5.74) is 2.18. The number of hydrogen-bond donors (Lipinski definition) is 0. The van der Waals surface area contributed by atoms with Crippen LogP contribution in [0.1, 0.15) is 63.0 Å². The number of unbranched alkanes of at least 4 members (excludes halogenated alkanes) is 6. The Balaban J connectivity index is 2.14. The van der Waals surface area contributed by atoms with Crippen LogP contribution in [0.3, 0.4) is 0 Å². The monoisotopic (exact) mass is 240 g/mol. The first-order valence-electron chi connectivity index (χ1n) is 7.10. The molecule has 0 unspecified atom stereocenters. The third-order valence-electron chi connectivity index (χ3n) is 3.11. The van der Waals surface area contributed by atoms with Gasteiger partial charge < -0.3 is 0 Å². The van der Waals surface area contributed by atoms with Crippen LogP contribution in [0.5, 0.6) is 0 Å². The Labute approximate surface area is 112 Å². The molecule has 0 aliphatic heterocycles. The summed E-state index contributed by atoms with van der Waals surface area (Å²) in [5.74, 6) is 2.63. The van der Waals surface area contributed by atoms with Gasteiger partial charge in [-0.15, -0.1) is 6.42 Å². The molecule has 0 atom stereocenters. The summed E-state index contributed by atoms with van der Waals surface area (Å²) < 4.78 is 0. The van der Waals surface area contributed by atoms with E-state index < -0.39 is 0 Å². The van der Waals surface area contributed by atoms with E-state index in [0.29, 0.717) is 0 Å². The van der Waals surface area contributed by atoms with Crippen molar-refractivity contribution < 1.29 is 0 Å². The van der Waals surface area contributed by atoms with Crippen LogP contribution in [0.2, 0.25) is 0 Å². The standard InChI is InChI=1S/C18H24/c1-3-5-6-7-8-9-10-11-12-18-15-13-17(4-2)14-16-18/h2,11-16H,3,5-10H2,1H3/b12-11+. The minimum absolute atomic E-state index is 0.947. The van der Waals surface area contributed by atoms with E-state index in [9.17, 15) is 0 Å². The largest absolute Gasteiger partial charge is 0.115 e. The van der Waals surface area contributed by atoms with Gasteiger partial charge in [0.15, 0.2) is 0 Å². The molecule has 0 heteroatoms. The highest BCUT2D eigenvalue weighted by molar-refractivity contribution is 5.51. The molecule has 0 aromatic heterocycles. The van der Waals surface area contributed by atoms with Gasteiger partial charge in [-0.3, -0.25) is 0 Å². The molecule has 18 heavy (non-hydrogen) atoms. The molecule has 0 saturated heterocycles. The third-order valence-corrected chi connectivity index (χ3v) is 3.11. The molecule has 0 bridgehead atoms. The lowest BCUT2D eigenvalue weighted by molar-refractivity contribution is 0.611. The number of hydrogen-bond acceptors (Lipinski definition) is 0. The zero-order chi connectivity index (χ0) is 13.1. The molecule has 0 heterocycles. The van der Waals surface area contributed by atoms with Gasteiger partial charge in [-0.05, 0) is 30.5 Å². The van der Waals surface area contributed by atoms with Crippen LogP contribution in [0.15, 0.2) is 30.3 Å². The molecule has 0 fully saturated rings. The molecular formula is C18H24. The summed E-state index contributed by atoms with van der Waals surface area (Å²) in [5, 5.41) is 0. The Kier molecular flexibility index (Phi) is 7.73. The van der Waals surface area contributed by atoms with Crippen LogP contribution >= 0.6 is 0 Å². The summed E-state index contributed by atoms with van der Waals surface area (Å²) in [6, 6.07) is 8.13. The number of allylic oxidation sites excluding steroid dienone is 1. The van der Waals surface area contributed by atoms with Crippen molar-refractivity contribution in [1.82, 2.24) is 0 Å². The summed E-state index contributed by atoms with van der Waals surface area (Å²) in [7, 11) is 0. The van der Waals surface area contributed by atoms with Gasteiger partial charge in [0.05, 0.1) is 0 Å². The van der Waals surface area contributed by atoms with Crippen LogP contribution in [-0.2, 0) is 0 Å². The van der Waals surface area contributed by atoms with E-state index in [2.05, 4.69) is 37.1 Å². The molecule has 0 radical (unpaired) electrons. The molecule has 1 aromatic carbocycles. The van der Waals surface area contributed by atoms with Gasteiger partial charge in [0.25, 0.3) is 0 Å². The number of benzene rings is 1. The van der Waals surface area contributed by atoms with Crippen LogP contribution in [0, 0.1) is 12.3 Å². The van der Waals surface area contributed by atoms with Crippen LogP contribution in [-0.4, -0.2) is 0 Å². The molecular weight excluding hydrogens is 216 g/mol. The second kappa shape index (κ2) is 9.54. The molecule has 1 aromatic rings. The number of rotatable bonds is 8. The van der Waals surface area contributed by atoms with Gasteiger partial charge in [-0.1, -0.05) is 69.2 Å². The van der Waals surface area contributed by atoms with E-state index in [1.54, 1.807) is 0 Å². The van der Waals surface area contributed by atoms with Gasteiger partial charge in [-0.2, -0.15) is 0 Å². The average Bonchev–Trinajstić information content (AvgIpc) is 2.42. The average molecular weight is 240 g/mol. The highest BCUT2D eigenvalue weighted by atomic mass is 14.0. The van der Waals surface area contributed by atoms with Crippen molar-refractivity contribution in [1.29, 1.82) is 0 Å². The third kappa shape index (κ3) is 6.30. The van der Waals surface area contributed by atoms with E-state index in [1.165, 1.54) is 50.5 Å². The van der Waals surface area contributed by atoms with E-state index in [1.807, 2.05) is 12.1 Å². The lowest BCUT2D eigenvalue weighted by Crippen LogP contribution is -1.78. The highest BCUT2D eigenvalue weighted by Gasteiger charge is 1.89. The maximum atomic E-state index is 5.32. The fourth-order valence-electron chi connectivity index (χ4n) is 1.95. The maximum absolute atomic E-state index is 5.32. The minimum atomic E-state index is 0.947. The molecule has 96 valence electrons. The molecule has 0 amide bonds. The van der Waals surface area contributed by atoms with Crippen LogP contribution in [0.25, 0.3) is 6.08 Å². The summed E-state index contributed by atoms with van der Waals surface area (Å²) in [4.78, 5) is 0. The lowest BCUT2D eigenvalue weighted by Gasteiger charge is -1.98. The summed E-state index contributed by atoms with van der Waals surface area (Å²) in [6.07, 6.45) is 19.1. The Morgan fingerprint density at radius 2 is 1.67 bits per heavy atom. The zero-order valence-electron chi connectivity index (χ0n) is 11.5. The topological polar surface area (TPSA) is 0 Å². The van der Waals surface area contributed by atoms with E-state index in [4.69, 9.17) is 6.42 Å². The van der Waals surface area contributed by atoms with Crippen molar-refractivity contribution in [2.75, 3.05) is 0 Å². The molecule has 0 spiro atoms. The van der Waals surface area contributed by atoms with Crippen molar-refractivity contribution in [3.8, 4) is 12.3 Å². The fourth-order valence-corrected chi connectivity index (χ4v) is 1.95. The van der Waals surface area contributed by atoms with Crippen molar-refractivity contribution in [3.63, 3.8) is 0 Å². The SMILES string of the molecule is C#Cc1ccc(/C=C/CCCCCCCC)cc1. The molecule has 1 rings (SSSR count). The van der Waals surface area contributed by atoms with Gasteiger partial charge in [-0.25, -0.2) is 0 Å². The Morgan fingerprint density at radius 1 is 1.00 bits per heavy atom. The summed E-state index contributed by atoms with van der Waals surface area (Å²) in [6.45, 7) is 2.26. The molecule has 0 saturated carbocycles. The summed E-state index contributed by atoms with van der Waals surface area (Å²) >= 11 is 0. The molecule has 0 aliphatic carbocycles. The van der Waals surface area contributed by atoms with Crippen molar-refractivity contribution >= 4 is 6.08 Å². The first kappa shape index (κ1) is 14.6. The van der Waals surface area contributed by atoms with E-state index in [-0.39, 0.29) is 0 Å². The lowest BCUT2D eigenvalue weighted by atomic mass is 10.1. The smallest absolute Gasteiger partial charge is 0.0243 e. The predicted octanol–water partition coefficient (Wildman–Crippen LogP) is 5.43. The number of terminal acetylenes is 1. The molecule has 0 nitrogen and oxygen atoms in total. The second-order valence-electron chi connectivity index (χ2n) is 4.73. The van der Waals surface area contributed by atoms with Crippen LogP contribution in [0.4, 0.5) is 0 Å². The quantitative estimate of drug-likeness (QED) is 0.420. The maximum Gasteiger partial charge on any atom is 0.0243 e. The highest BCUT2D eigenvalue weighted by Crippen LogP contribution is 2.09. The fraction of sp³-hybridized carbons (Fsp3) is 0.444. The van der Waals surface area contributed by atoms with Crippen molar-refractivity contribution in [3.05, 3.63) is 41.5 Å².